The van der Waals surface area contributed by atoms with Crippen LogP contribution in [0.4, 0.5) is 0 Å². The monoisotopic (exact) mass is 867 g/mol. The summed E-state index contributed by atoms with van der Waals surface area (Å²) >= 11 is 0. The molecule has 0 aliphatic heterocycles. The van der Waals surface area contributed by atoms with Crippen LogP contribution in [-0.4, -0.2) is 37.2 Å². The third kappa shape index (κ3) is 48.1. The summed E-state index contributed by atoms with van der Waals surface area (Å²) in [5, 5.41) is 0. The van der Waals surface area contributed by atoms with Crippen LogP contribution in [0.5, 0.6) is 0 Å². The van der Waals surface area contributed by atoms with Crippen LogP contribution in [0.1, 0.15) is 258 Å². The number of ether oxygens (including phenoxy) is 3. The van der Waals surface area contributed by atoms with Crippen LogP contribution in [0, 0.1) is 0 Å². The summed E-state index contributed by atoms with van der Waals surface area (Å²) in [6.07, 6.45) is 62.0. The molecule has 6 nitrogen and oxygen atoms in total. The highest BCUT2D eigenvalue weighted by molar-refractivity contribution is 5.71. The van der Waals surface area contributed by atoms with E-state index in [0.29, 0.717) is 19.3 Å². The minimum absolute atomic E-state index is 0.0837. The summed E-state index contributed by atoms with van der Waals surface area (Å²) in [4.78, 5) is 38.0. The molecule has 0 aromatic heterocycles. The fourth-order valence-corrected chi connectivity index (χ4v) is 7.31. The average Bonchev–Trinajstić information content (AvgIpc) is 3.27. The standard InChI is InChI=1S/C56H98O6/c1-4-7-10-13-16-19-22-25-28-31-34-37-40-43-46-49-55(58)61-52-53(51-60-54(57)48-45-42-39-36-33-30-27-24-21-18-15-12-9-6-3)62-56(59)50-47-44-41-38-35-32-29-26-23-20-17-14-11-8-5-2/h7,10,16-17,19-20,25-26,28-29,53H,4-6,8-9,11-15,18,21-24,27,30-52H2,1-3H3/b10-7-,19-16-,20-17-,28-25-,29-26-. The molecule has 358 valence electrons. The van der Waals surface area contributed by atoms with Crippen LogP contribution >= 0.6 is 0 Å². The Kier molecular flexibility index (Phi) is 48.4. The van der Waals surface area contributed by atoms with Crippen LogP contribution < -0.4 is 0 Å². The molecule has 0 saturated heterocycles. The molecule has 62 heavy (non-hydrogen) atoms. The number of carbonyl (C=O) groups excluding carboxylic acids is 3. The third-order valence-corrected chi connectivity index (χ3v) is 11.3. The van der Waals surface area contributed by atoms with E-state index in [4.69, 9.17) is 14.2 Å². The van der Waals surface area contributed by atoms with Gasteiger partial charge in [-0.15, -0.1) is 0 Å². The van der Waals surface area contributed by atoms with Gasteiger partial charge >= 0.3 is 17.9 Å². The van der Waals surface area contributed by atoms with Crippen molar-refractivity contribution in [3.8, 4) is 0 Å². The Balaban J connectivity index is 4.42. The highest BCUT2D eigenvalue weighted by atomic mass is 16.6. The molecule has 0 heterocycles. The largest absolute Gasteiger partial charge is 0.462 e. The summed E-state index contributed by atoms with van der Waals surface area (Å²) in [7, 11) is 0. The maximum atomic E-state index is 12.8. The molecule has 0 saturated carbocycles. The number of carbonyl (C=O) groups is 3. The SMILES string of the molecule is CC/C=C\C/C=C\C/C=C\CCCCCCCC(=O)OCC(COC(=O)CCCCCCCCCCCCCCCC)OC(=O)CCCCCCC/C=C\C/C=C\CCCCC. The molecule has 0 aliphatic carbocycles. The van der Waals surface area contributed by atoms with E-state index in [1.54, 1.807) is 0 Å². The smallest absolute Gasteiger partial charge is 0.306 e. The van der Waals surface area contributed by atoms with E-state index in [0.717, 1.165) is 122 Å². The Bertz CT molecular complexity index is 1130. The molecule has 0 spiro atoms. The molecule has 0 aromatic rings. The quantitative estimate of drug-likeness (QED) is 0.0262. The van der Waals surface area contributed by atoms with E-state index in [1.165, 1.54) is 96.3 Å². The van der Waals surface area contributed by atoms with Gasteiger partial charge in [-0.2, -0.15) is 0 Å². The molecule has 0 radical (unpaired) electrons. The molecule has 0 bridgehead atoms. The molecule has 0 rings (SSSR count). The van der Waals surface area contributed by atoms with Gasteiger partial charge in [-0.25, -0.2) is 0 Å². The molecular weight excluding hydrogens is 769 g/mol. The first-order valence-corrected chi connectivity index (χ1v) is 26.3. The van der Waals surface area contributed by atoms with Crippen molar-refractivity contribution >= 4 is 17.9 Å². The topological polar surface area (TPSA) is 78.9 Å². The number of esters is 3. The van der Waals surface area contributed by atoms with Crippen molar-refractivity contribution in [1.82, 2.24) is 0 Å². The Hall–Kier alpha value is -2.89. The Labute approximate surface area is 383 Å². The van der Waals surface area contributed by atoms with Gasteiger partial charge in [-0.05, 0) is 83.5 Å². The van der Waals surface area contributed by atoms with Crippen LogP contribution in [-0.2, 0) is 28.6 Å². The van der Waals surface area contributed by atoms with Crippen LogP contribution in [0.15, 0.2) is 60.8 Å². The van der Waals surface area contributed by atoms with Crippen molar-refractivity contribution in [2.75, 3.05) is 13.2 Å². The molecule has 0 aliphatic rings. The summed E-state index contributed by atoms with van der Waals surface area (Å²) in [6.45, 7) is 6.49. The van der Waals surface area contributed by atoms with E-state index in [-0.39, 0.29) is 31.1 Å². The summed E-state index contributed by atoms with van der Waals surface area (Å²) < 4.78 is 16.8. The predicted molar refractivity (Wildman–Crippen MR) is 265 cm³/mol. The van der Waals surface area contributed by atoms with E-state index >= 15 is 0 Å². The second-order valence-electron chi connectivity index (χ2n) is 17.4. The minimum Gasteiger partial charge on any atom is -0.462 e. The van der Waals surface area contributed by atoms with Gasteiger partial charge in [0.15, 0.2) is 6.10 Å². The highest BCUT2D eigenvalue weighted by Gasteiger charge is 2.19. The van der Waals surface area contributed by atoms with Crippen LogP contribution in [0.2, 0.25) is 0 Å². The summed E-state index contributed by atoms with van der Waals surface area (Å²) in [6, 6.07) is 0. The third-order valence-electron chi connectivity index (χ3n) is 11.3. The van der Waals surface area contributed by atoms with Crippen molar-refractivity contribution in [2.24, 2.45) is 0 Å². The lowest BCUT2D eigenvalue weighted by Gasteiger charge is -2.18. The number of allylic oxidation sites excluding steroid dienone is 10. The summed E-state index contributed by atoms with van der Waals surface area (Å²) in [5.41, 5.74) is 0. The van der Waals surface area contributed by atoms with E-state index in [9.17, 15) is 14.4 Å². The van der Waals surface area contributed by atoms with E-state index < -0.39 is 6.10 Å². The Morgan fingerprint density at radius 3 is 1.02 bits per heavy atom. The van der Waals surface area contributed by atoms with Crippen LogP contribution in [0.25, 0.3) is 0 Å². The molecule has 0 amide bonds. The lowest BCUT2D eigenvalue weighted by Crippen LogP contribution is -2.30. The van der Waals surface area contributed by atoms with Gasteiger partial charge in [0, 0.05) is 19.3 Å². The van der Waals surface area contributed by atoms with Gasteiger partial charge in [0.2, 0.25) is 0 Å². The molecule has 0 fully saturated rings. The molecule has 1 atom stereocenters. The number of rotatable bonds is 47. The van der Waals surface area contributed by atoms with Crippen molar-refractivity contribution in [1.29, 1.82) is 0 Å². The average molecular weight is 867 g/mol. The lowest BCUT2D eigenvalue weighted by molar-refractivity contribution is -0.167. The highest BCUT2D eigenvalue weighted by Crippen LogP contribution is 2.15. The zero-order valence-corrected chi connectivity index (χ0v) is 40.9. The fourth-order valence-electron chi connectivity index (χ4n) is 7.31. The predicted octanol–water partition coefficient (Wildman–Crippen LogP) is 17.3. The zero-order chi connectivity index (χ0) is 45.1. The Morgan fingerprint density at radius 1 is 0.339 bits per heavy atom. The Morgan fingerprint density at radius 2 is 0.629 bits per heavy atom. The van der Waals surface area contributed by atoms with E-state index in [1.807, 2.05) is 0 Å². The zero-order valence-electron chi connectivity index (χ0n) is 40.9. The number of hydrogen-bond donors (Lipinski definition) is 0. The molecule has 0 aromatic carbocycles. The maximum absolute atomic E-state index is 12.8. The van der Waals surface area contributed by atoms with Crippen molar-refractivity contribution in [3.63, 3.8) is 0 Å². The fraction of sp³-hybridized carbons (Fsp3) is 0.768. The normalized spacial score (nSPS) is 12.5. The van der Waals surface area contributed by atoms with Crippen molar-refractivity contribution in [3.05, 3.63) is 60.8 Å². The first kappa shape index (κ1) is 59.1. The van der Waals surface area contributed by atoms with E-state index in [2.05, 4.69) is 81.5 Å². The van der Waals surface area contributed by atoms with Gasteiger partial charge < -0.3 is 14.2 Å². The van der Waals surface area contributed by atoms with Gasteiger partial charge in [-0.1, -0.05) is 216 Å². The maximum Gasteiger partial charge on any atom is 0.306 e. The number of unbranched alkanes of at least 4 members (excludes halogenated alkanes) is 26. The second-order valence-corrected chi connectivity index (χ2v) is 17.4. The van der Waals surface area contributed by atoms with Gasteiger partial charge in [0.05, 0.1) is 0 Å². The van der Waals surface area contributed by atoms with Crippen molar-refractivity contribution in [2.45, 2.75) is 264 Å². The first-order chi connectivity index (χ1) is 30.5. The van der Waals surface area contributed by atoms with Gasteiger partial charge in [-0.3, -0.25) is 14.4 Å². The number of hydrogen-bond acceptors (Lipinski definition) is 6. The second kappa shape index (κ2) is 50.8. The molecule has 6 heteroatoms. The van der Waals surface area contributed by atoms with Crippen LogP contribution in [0.3, 0.4) is 0 Å². The first-order valence-electron chi connectivity index (χ1n) is 26.3. The summed E-state index contributed by atoms with van der Waals surface area (Å²) in [5.74, 6) is -0.909. The van der Waals surface area contributed by atoms with Crippen molar-refractivity contribution < 1.29 is 28.6 Å². The minimum atomic E-state index is -0.786. The molecular formula is C56H98O6. The lowest BCUT2D eigenvalue weighted by atomic mass is 10.0. The molecule has 1 unspecified atom stereocenters. The van der Waals surface area contributed by atoms with Gasteiger partial charge in [0.1, 0.15) is 13.2 Å². The van der Waals surface area contributed by atoms with Gasteiger partial charge in [0.25, 0.3) is 0 Å². The molecule has 0 N–H and O–H groups in total.